The van der Waals surface area contributed by atoms with Crippen molar-refractivity contribution in [2.45, 2.75) is 6.92 Å². The molecule has 0 unspecified atom stereocenters. The molecule has 0 saturated heterocycles. The van der Waals surface area contributed by atoms with E-state index in [4.69, 9.17) is 14.2 Å². The Hall–Kier alpha value is -3.54. The van der Waals surface area contributed by atoms with Crippen LogP contribution in [0.1, 0.15) is 15.9 Å². The predicted molar refractivity (Wildman–Crippen MR) is 103 cm³/mol. The minimum Gasteiger partial charge on any atom is -0.497 e. The Balaban J connectivity index is 1.78. The molecule has 6 nitrogen and oxygen atoms in total. The fourth-order valence-corrected chi connectivity index (χ4v) is 2.57. The van der Waals surface area contributed by atoms with E-state index < -0.39 is 0 Å². The van der Waals surface area contributed by atoms with Crippen molar-refractivity contribution >= 4 is 11.6 Å². The van der Waals surface area contributed by atoms with Crippen LogP contribution in [-0.2, 0) is 0 Å². The van der Waals surface area contributed by atoms with Gasteiger partial charge in [-0.2, -0.15) is 0 Å². The molecule has 0 bridgehead atoms. The van der Waals surface area contributed by atoms with E-state index in [9.17, 15) is 4.79 Å². The van der Waals surface area contributed by atoms with Crippen LogP contribution >= 0.6 is 0 Å². The van der Waals surface area contributed by atoms with Gasteiger partial charge in [0.15, 0.2) is 0 Å². The number of benzene rings is 2. The summed E-state index contributed by atoms with van der Waals surface area (Å²) in [7, 11) is 3.07. The molecule has 1 N–H and O–H groups in total. The molecule has 0 aliphatic carbocycles. The van der Waals surface area contributed by atoms with Crippen molar-refractivity contribution in [1.82, 2.24) is 4.98 Å². The average molecular weight is 364 g/mol. The maximum Gasteiger partial charge on any atom is 0.259 e. The van der Waals surface area contributed by atoms with Crippen LogP contribution < -0.4 is 19.5 Å². The van der Waals surface area contributed by atoms with Gasteiger partial charge in [-0.05, 0) is 61.0 Å². The van der Waals surface area contributed by atoms with Crippen LogP contribution in [0.15, 0.2) is 60.9 Å². The third-order valence-electron chi connectivity index (χ3n) is 3.95. The number of aryl methyl sites for hydroxylation is 1. The van der Waals surface area contributed by atoms with E-state index in [1.807, 2.05) is 19.1 Å². The summed E-state index contributed by atoms with van der Waals surface area (Å²) >= 11 is 0. The molecule has 0 aliphatic heterocycles. The van der Waals surface area contributed by atoms with Crippen LogP contribution in [0.3, 0.4) is 0 Å². The Labute approximate surface area is 157 Å². The lowest BCUT2D eigenvalue weighted by molar-refractivity contribution is 0.102. The third kappa shape index (κ3) is 4.36. The van der Waals surface area contributed by atoms with Gasteiger partial charge in [0.05, 0.1) is 26.0 Å². The lowest BCUT2D eigenvalue weighted by Crippen LogP contribution is -2.13. The Morgan fingerprint density at radius 2 is 1.78 bits per heavy atom. The zero-order valence-electron chi connectivity index (χ0n) is 15.4. The van der Waals surface area contributed by atoms with E-state index in [0.717, 1.165) is 5.56 Å². The number of aromatic nitrogens is 1. The van der Waals surface area contributed by atoms with E-state index in [0.29, 0.717) is 34.2 Å². The SMILES string of the molecule is COc1ccc(OC)c(C(=O)Nc2ccc(Oc3cccnc3)c(C)c2)c1. The van der Waals surface area contributed by atoms with Gasteiger partial charge >= 0.3 is 0 Å². The Morgan fingerprint density at radius 3 is 2.44 bits per heavy atom. The highest BCUT2D eigenvalue weighted by Gasteiger charge is 2.14. The van der Waals surface area contributed by atoms with Gasteiger partial charge in [0.25, 0.3) is 5.91 Å². The number of ether oxygens (including phenoxy) is 3. The lowest BCUT2D eigenvalue weighted by atomic mass is 10.1. The van der Waals surface area contributed by atoms with Gasteiger partial charge in [0.1, 0.15) is 23.0 Å². The number of methoxy groups -OCH3 is 2. The van der Waals surface area contributed by atoms with Gasteiger partial charge in [0, 0.05) is 11.9 Å². The smallest absolute Gasteiger partial charge is 0.259 e. The zero-order valence-corrected chi connectivity index (χ0v) is 15.4. The zero-order chi connectivity index (χ0) is 19.2. The molecule has 0 aliphatic rings. The van der Waals surface area contributed by atoms with Crippen LogP contribution in [-0.4, -0.2) is 25.1 Å². The van der Waals surface area contributed by atoms with E-state index in [2.05, 4.69) is 10.3 Å². The molecule has 2 aromatic carbocycles. The first-order chi connectivity index (χ1) is 13.1. The van der Waals surface area contributed by atoms with Gasteiger partial charge in [-0.1, -0.05) is 0 Å². The molecule has 0 radical (unpaired) electrons. The van der Waals surface area contributed by atoms with Gasteiger partial charge in [-0.3, -0.25) is 9.78 Å². The highest BCUT2D eigenvalue weighted by Crippen LogP contribution is 2.28. The van der Waals surface area contributed by atoms with Crippen molar-refractivity contribution in [3.63, 3.8) is 0 Å². The highest BCUT2D eigenvalue weighted by molar-refractivity contribution is 6.06. The largest absolute Gasteiger partial charge is 0.497 e. The number of hydrogen-bond acceptors (Lipinski definition) is 5. The summed E-state index contributed by atoms with van der Waals surface area (Å²) in [6.45, 7) is 1.91. The molecular formula is C21H20N2O4. The second kappa shape index (κ2) is 8.23. The Kier molecular flexibility index (Phi) is 5.56. The molecule has 6 heteroatoms. The number of anilines is 1. The normalized spacial score (nSPS) is 10.2. The third-order valence-corrected chi connectivity index (χ3v) is 3.95. The summed E-state index contributed by atoms with van der Waals surface area (Å²) in [6, 6.07) is 14.1. The maximum absolute atomic E-state index is 12.7. The predicted octanol–water partition coefficient (Wildman–Crippen LogP) is 4.45. The van der Waals surface area contributed by atoms with Crippen LogP contribution in [0.25, 0.3) is 0 Å². The summed E-state index contributed by atoms with van der Waals surface area (Å²) in [5.41, 5.74) is 1.93. The summed E-state index contributed by atoms with van der Waals surface area (Å²) in [5.74, 6) is 2.11. The molecule has 1 aromatic heterocycles. The van der Waals surface area contributed by atoms with Gasteiger partial charge in [0.2, 0.25) is 0 Å². The van der Waals surface area contributed by atoms with Gasteiger partial charge in [-0.15, -0.1) is 0 Å². The molecule has 0 spiro atoms. The van der Waals surface area contributed by atoms with Gasteiger partial charge < -0.3 is 19.5 Å². The van der Waals surface area contributed by atoms with Crippen LogP contribution in [0, 0.1) is 6.92 Å². The van der Waals surface area contributed by atoms with Crippen molar-refractivity contribution in [3.05, 3.63) is 72.1 Å². The topological polar surface area (TPSA) is 69.7 Å². The Morgan fingerprint density at radius 1 is 0.963 bits per heavy atom. The molecule has 1 heterocycles. The summed E-state index contributed by atoms with van der Waals surface area (Å²) in [6.07, 6.45) is 3.33. The highest BCUT2D eigenvalue weighted by atomic mass is 16.5. The number of rotatable bonds is 6. The number of hydrogen-bond donors (Lipinski definition) is 1. The van der Waals surface area contributed by atoms with E-state index in [1.54, 1.807) is 55.9 Å². The first-order valence-electron chi connectivity index (χ1n) is 8.32. The number of pyridine rings is 1. The lowest BCUT2D eigenvalue weighted by Gasteiger charge is -2.13. The Bertz CT molecular complexity index is 942. The molecule has 0 fully saturated rings. The van der Waals surface area contributed by atoms with Crippen LogP contribution in [0.2, 0.25) is 0 Å². The molecule has 1 amide bonds. The molecular weight excluding hydrogens is 344 g/mol. The summed E-state index contributed by atoms with van der Waals surface area (Å²) in [4.78, 5) is 16.7. The minimum absolute atomic E-state index is 0.286. The average Bonchev–Trinajstić information content (AvgIpc) is 2.70. The molecule has 27 heavy (non-hydrogen) atoms. The minimum atomic E-state index is -0.286. The molecule has 138 valence electrons. The fraction of sp³-hybridized carbons (Fsp3) is 0.143. The van der Waals surface area contributed by atoms with Crippen molar-refractivity contribution in [3.8, 4) is 23.0 Å². The quantitative estimate of drug-likeness (QED) is 0.700. The fourth-order valence-electron chi connectivity index (χ4n) is 2.57. The van der Waals surface area contributed by atoms with Gasteiger partial charge in [-0.25, -0.2) is 0 Å². The number of nitrogens with zero attached hydrogens (tertiary/aromatic N) is 1. The number of carbonyl (C=O) groups is 1. The first-order valence-corrected chi connectivity index (χ1v) is 8.32. The number of amides is 1. The number of nitrogens with one attached hydrogen (secondary N) is 1. The molecule has 3 aromatic rings. The molecule has 3 rings (SSSR count). The van der Waals surface area contributed by atoms with Crippen LogP contribution in [0.4, 0.5) is 5.69 Å². The van der Waals surface area contributed by atoms with E-state index in [-0.39, 0.29) is 5.91 Å². The first kappa shape index (κ1) is 18.3. The van der Waals surface area contributed by atoms with Crippen LogP contribution in [0.5, 0.6) is 23.0 Å². The maximum atomic E-state index is 12.7. The van der Waals surface area contributed by atoms with Crippen molar-refractivity contribution in [2.24, 2.45) is 0 Å². The van der Waals surface area contributed by atoms with Crippen molar-refractivity contribution in [1.29, 1.82) is 0 Å². The summed E-state index contributed by atoms with van der Waals surface area (Å²) < 4.78 is 16.3. The standard InChI is InChI=1S/C21H20N2O4/c1-14-11-15(6-8-19(14)27-17-5-4-10-22-13-17)23-21(24)18-12-16(25-2)7-9-20(18)26-3/h4-13H,1-3H3,(H,23,24). The molecule has 0 saturated carbocycles. The van der Waals surface area contributed by atoms with Crippen molar-refractivity contribution < 1.29 is 19.0 Å². The second-order valence-corrected chi connectivity index (χ2v) is 5.79. The van der Waals surface area contributed by atoms with Crippen molar-refractivity contribution in [2.75, 3.05) is 19.5 Å². The molecule has 0 atom stereocenters. The second-order valence-electron chi connectivity index (χ2n) is 5.79. The number of carbonyl (C=O) groups excluding carboxylic acids is 1. The summed E-state index contributed by atoms with van der Waals surface area (Å²) in [5, 5.41) is 2.87. The van der Waals surface area contributed by atoms with E-state index in [1.165, 1.54) is 7.11 Å². The monoisotopic (exact) mass is 364 g/mol. The van der Waals surface area contributed by atoms with E-state index >= 15 is 0 Å².